The molecule has 0 aromatic heterocycles. The van der Waals surface area contributed by atoms with Crippen LogP contribution < -0.4 is 5.32 Å². The van der Waals surface area contributed by atoms with E-state index in [1.165, 1.54) is 12.8 Å². The highest BCUT2D eigenvalue weighted by molar-refractivity contribution is 6.31. The molecule has 8 heteroatoms. The van der Waals surface area contributed by atoms with Crippen molar-refractivity contribution in [2.24, 2.45) is 0 Å². The monoisotopic (exact) mass is 422 g/mol. The Balaban J connectivity index is 1.50. The highest BCUT2D eigenvalue weighted by atomic mass is 35.5. The first-order chi connectivity index (χ1) is 14.0. The average Bonchev–Trinajstić information content (AvgIpc) is 3.24. The maximum atomic E-state index is 12.5. The van der Waals surface area contributed by atoms with Crippen LogP contribution in [0.2, 0.25) is 5.02 Å². The lowest BCUT2D eigenvalue weighted by Gasteiger charge is -2.30. The van der Waals surface area contributed by atoms with Gasteiger partial charge in [0.05, 0.1) is 32.3 Å². The van der Waals surface area contributed by atoms with Crippen molar-refractivity contribution in [3.63, 3.8) is 0 Å². The summed E-state index contributed by atoms with van der Waals surface area (Å²) in [4.78, 5) is 30.8. The molecule has 3 rings (SSSR count). The molecule has 1 N–H and O–H groups in total. The molecule has 2 amide bonds. The molecular weight excluding hydrogens is 392 g/mol. The van der Waals surface area contributed by atoms with Crippen molar-refractivity contribution >= 4 is 23.4 Å². The third kappa shape index (κ3) is 6.40. The van der Waals surface area contributed by atoms with Crippen LogP contribution in [0, 0.1) is 0 Å². The Bertz CT molecular complexity index is 690. The van der Waals surface area contributed by atoms with Crippen LogP contribution in [-0.4, -0.2) is 92.6 Å². The van der Waals surface area contributed by atoms with Gasteiger partial charge in [0.15, 0.2) is 0 Å². The SMILES string of the molecule is CN(CC(=O)NCC(c1ccccc1Cl)N1CCCC1)CC(=O)N1CCOCC1. The van der Waals surface area contributed by atoms with Gasteiger partial charge in [0.25, 0.3) is 0 Å². The normalized spacial score (nSPS) is 18.8. The van der Waals surface area contributed by atoms with Crippen molar-refractivity contribution in [3.8, 4) is 0 Å². The molecule has 7 nitrogen and oxygen atoms in total. The molecule has 1 aromatic rings. The third-order valence-electron chi connectivity index (χ3n) is 5.52. The molecule has 0 spiro atoms. The zero-order valence-electron chi connectivity index (χ0n) is 17.1. The highest BCUT2D eigenvalue weighted by Gasteiger charge is 2.26. The van der Waals surface area contributed by atoms with Gasteiger partial charge in [-0.3, -0.25) is 19.4 Å². The smallest absolute Gasteiger partial charge is 0.236 e. The fourth-order valence-electron chi connectivity index (χ4n) is 3.95. The number of carbonyl (C=O) groups excluding carboxylic acids is 2. The van der Waals surface area contributed by atoms with Gasteiger partial charge in [-0.2, -0.15) is 0 Å². The number of halogens is 1. The summed E-state index contributed by atoms with van der Waals surface area (Å²) in [5, 5.41) is 3.77. The predicted octanol–water partition coefficient (Wildman–Crippen LogP) is 1.38. The number of likely N-dealkylation sites (tertiary alicyclic amines) is 1. The van der Waals surface area contributed by atoms with E-state index in [2.05, 4.69) is 10.2 Å². The number of nitrogens with one attached hydrogen (secondary N) is 1. The number of hydrogen-bond acceptors (Lipinski definition) is 5. The van der Waals surface area contributed by atoms with Crippen molar-refractivity contribution in [2.45, 2.75) is 18.9 Å². The Labute approximate surface area is 177 Å². The van der Waals surface area contributed by atoms with Crippen LogP contribution in [-0.2, 0) is 14.3 Å². The van der Waals surface area contributed by atoms with E-state index < -0.39 is 0 Å². The first-order valence-electron chi connectivity index (χ1n) is 10.3. The average molecular weight is 423 g/mol. The fraction of sp³-hybridized carbons (Fsp3) is 0.619. The molecular formula is C21H31ClN4O3. The minimum atomic E-state index is -0.0847. The van der Waals surface area contributed by atoms with Gasteiger partial charge < -0.3 is 15.0 Å². The lowest BCUT2D eigenvalue weighted by Crippen LogP contribution is -2.47. The second kappa shape index (κ2) is 10.9. The van der Waals surface area contributed by atoms with Crippen molar-refractivity contribution < 1.29 is 14.3 Å². The van der Waals surface area contributed by atoms with Crippen molar-refractivity contribution in [3.05, 3.63) is 34.9 Å². The van der Waals surface area contributed by atoms with E-state index in [1.807, 2.05) is 24.3 Å². The van der Waals surface area contributed by atoms with Crippen LogP contribution in [0.5, 0.6) is 0 Å². The molecule has 2 aliphatic rings. The molecule has 2 saturated heterocycles. The Morgan fingerprint density at radius 2 is 1.83 bits per heavy atom. The van der Waals surface area contributed by atoms with Crippen molar-refractivity contribution in [1.29, 1.82) is 0 Å². The molecule has 0 aliphatic carbocycles. The zero-order chi connectivity index (χ0) is 20.6. The molecule has 1 atom stereocenters. The molecule has 2 heterocycles. The number of carbonyl (C=O) groups is 2. The number of hydrogen-bond donors (Lipinski definition) is 1. The van der Waals surface area contributed by atoms with E-state index >= 15 is 0 Å². The second-order valence-electron chi connectivity index (χ2n) is 7.75. The summed E-state index contributed by atoms with van der Waals surface area (Å²) < 4.78 is 5.28. The topological polar surface area (TPSA) is 65.1 Å². The molecule has 29 heavy (non-hydrogen) atoms. The van der Waals surface area contributed by atoms with Crippen molar-refractivity contribution in [1.82, 2.24) is 20.0 Å². The van der Waals surface area contributed by atoms with E-state index in [1.54, 1.807) is 16.8 Å². The molecule has 1 aromatic carbocycles. The van der Waals surface area contributed by atoms with Gasteiger partial charge in [-0.05, 0) is 44.6 Å². The standard InChI is InChI=1S/C21H31ClN4O3/c1-24(16-21(28)26-10-12-29-13-11-26)15-20(27)23-14-19(25-8-4-5-9-25)17-6-2-3-7-18(17)22/h2-3,6-7,19H,4-5,8-16H2,1H3,(H,23,27). The van der Waals surface area contributed by atoms with Crippen LogP contribution in [0.4, 0.5) is 0 Å². The minimum Gasteiger partial charge on any atom is -0.378 e. The summed E-state index contributed by atoms with van der Waals surface area (Å²) >= 11 is 6.43. The number of likely N-dealkylation sites (N-methyl/N-ethyl adjacent to an activating group) is 1. The van der Waals surface area contributed by atoms with E-state index in [0.717, 1.165) is 23.7 Å². The summed E-state index contributed by atoms with van der Waals surface area (Å²) in [6, 6.07) is 7.90. The van der Waals surface area contributed by atoms with Crippen LogP contribution in [0.25, 0.3) is 0 Å². The highest BCUT2D eigenvalue weighted by Crippen LogP contribution is 2.29. The van der Waals surface area contributed by atoms with Crippen LogP contribution in [0.1, 0.15) is 24.4 Å². The number of morpholine rings is 1. The maximum Gasteiger partial charge on any atom is 0.236 e. The third-order valence-corrected chi connectivity index (χ3v) is 5.86. The molecule has 0 bridgehead atoms. The van der Waals surface area contributed by atoms with Gasteiger partial charge >= 0.3 is 0 Å². The summed E-state index contributed by atoms with van der Waals surface area (Å²) in [6.07, 6.45) is 2.34. The van der Waals surface area contributed by atoms with Gasteiger partial charge in [0.2, 0.25) is 11.8 Å². The quantitative estimate of drug-likeness (QED) is 0.685. The molecule has 160 valence electrons. The maximum absolute atomic E-state index is 12.5. The predicted molar refractivity (Wildman–Crippen MR) is 113 cm³/mol. The first-order valence-corrected chi connectivity index (χ1v) is 10.7. The Kier molecular flexibility index (Phi) is 8.29. The number of ether oxygens (including phenoxy) is 1. The van der Waals surface area contributed by atoms with Gasteiger partial charge in [-0.15, -0.1) is 0 Å². The van der Waals surface area contributed by atoms with Crippen molar-refractivity contribution in [2.75, 3.05) is 66.1 Å². The Hall–Kier alpha value is -1.67. The van der Waals surface area contributed by atoms with E-state index in [-0.39, 0.29) is 30.9 Å². The van der Waals surface area contributed by atoms with E-state index in [4.69, 9.17) is 16.3 Å². The lowest BCUT2D eigenvalue weighted by molar-refractivity contribution is -0.136. The zero-order valence-corrected chi connectivity index (χ0v) is 17.9. The number of nitrogens with zero attached hydrogens (tertiary/aromatic N) is 3. The van der Waals surface area contributed by atoms with Crippen LogP contribution in [0.3, 0.4) is 0 Å². The number of amides is 2. The summed E-state index contributed by atoms with van der Waals surface area (Å²) in [5.41, 5.74) is 1.05. The first kappa shape index (κ1) is 22.0. The molecule has 2 fully saturated rings. The fourth-order valence-corrected chi connectivity index (χ4v) is 4.21. The summed E-state index contributed by atoms with van der Waals surface area (Å²) in [6.45, 7) is 5.35. The van der Waals surface area contributed by atoms with Gasteiger partial charge in [0.1, 0.15) is 0 Å². The Morgan fingerprint density at radius 1 is 1.14 bits per heavy atom. The minimum absolute atomic E-state index is 0.0367. The molecule has 1 unspecified atom stereocenters. The summed E-state index contributed by atoms with van der Waals surface area (Å²) in [7, 11) is 1.80. The van der Waals surface area contributed by atoms with Gasteiger partial charge in [-0.25, -0.2) is 0 Å². The van der Waals surface area contributed by atoms with Crippen LogP contribution in [0.15, 0.2) is 24.3 Å². The van der Waals surface area contributed by atoms with E-state index in [0.29, 0.717) is 32.8 Å². The summed E-state index contributed by atoms with van der Waals surface area (Å²) in [5.74, 6) is -0.0480. The largest absolute Gasteiger partial charge is 0.378 e. The number of benzene rings is 1. The molecule has 2 aliphatic heterocycles. The van der Waals surface area contributed by atoms with Gasteiger partial charge in [0, 0.05) is 24.7 Å². The second-order valence-corrected chi connectivity index (χ2v) is 8.16. The van der Waals surface area contributed by atoms with Crippen LogP contribution >= 0.6 is 11.6 Å². The molecule has 0 saturated carbocycles. The van der Waals surface area contributed by atoms with E-state index in [9.17, 15) is 9.59 Å². The van der Waals surface area contributed by atoms with Gasteiger partial charge in [-0.1, -0.05) is 29.8 Å². The Morgan fingerprint density at radius 3 is 2.52 bits per heavy atom. The molecule has 0 radical (unpaired) electrons. The number of rotatable bonds is 8. The lowest BCUT2D eigenvalue weighted by atomic mass is 10.1.